The molecule has 2 aromatic rings. The molecule has 0 spiro atoms. The van der Waals surface area contributed by atoms with Crippen LogP contribution in [0.15, 0.2) is 42.5 Å². The molecule has 1 saturated heterocycles. The third-order valence-corrected chi connectivity index (χ3v) is 6.12. The minimum absolute atomic E-state index is 0.0306. The Kier molecular flexibility index (Phi) is 4.95. The number of amides is 1. The highest BCUT2D eigenvalue weighted by atomic mass is 32.2. The van der Waals surface area contributed by atoms with E-state index < -0.39 is 21.7 Å². The number of rotatable bonds is 4. The average Bonchev–Trinajstić information content (AvgIpc) is 2.96. The fourth-order valence-electron chi connectivity index (χ4n) is 2.92. The topological polar surface area (TPSA) is 57.7 Å². The summed E-state index contributed by atoms with van der Waals surface area (Å²) >= 11 is 0. The van der Waals surface area contributed by atoms with Crippen LogP contribution < -0.4 is 4.31 Å². The van der Waals surface area contributed by atoms with Gasteiger partial charge in [-0.15, -0.1) is 0 Å². The number of sulfonamides is 1. The van der Waals surface area contributed by atoms with Gasteiger partial charge in [-0.2, -0.15) is 0 Å². The molecule has 26 heavy (non-hydrogen) atoms. The summed E-state index contributed by atoms with van der Waals surface area (Å²) < 4.78 is 52.1. The summed E-state index contributed by atoms with van der Waals surface area (Å²) in [6.07, 6.45) is 0.546. The van der Waals surface area contributed by atoms with E-state index >= 15 is 0 Å². The molecule has 0 saturated carbocycles. The van der Waals surface area contributed by atoms with Crippen LogP contribution in [0.1, 0.15) is 22.3 Å². The van der Waals surface area contributed by atoms with E-state index in [1.54, 1.807) is 18.2 Å². The predicted octanol–water partition coefficient (Wildman–Crippen LogP) is 2.78. The molecule has 1 heterocycles. The van der Waals surface area contributed by atoms with Gasteiger partial charge in [-0.3, -0.25) is 9.10 Å². The summed E-state index contributed by atoms with van der Waals surface area (Å²) in [6.45, 7) is 0.355. The van der Waals surface area contributed by atoms with Crippen LogP contribution in [0.3, 0.4) is 0 Å². The van der Waals surface area contributed by atoms with Gasteiger partial charge in [-0.05, 0) is 30.7 Å². The Balaban J connectivity index is 1.80. The lowest BCUT2D eigenvalue weighted by atomic mass is 10.1. The Morgan fingerprint density at radius 1 is 1.19 bits per heavy atom. The number of hydrogen-bond donors (Lipinski definition) is 0. The van der Waals surface area contributed by atoms with Crippen molar-refractivity contribution in [1.29, 1.82) is 0 Å². The first-order valence-electron chi connectivity index (χ1n) is 8.08. The van der Waals surface area contributed by atoms with Gasteiger partial charge in [0.05, 0.1) is 11.4 Å². The monoisotopic (exact) mass is 380 g/mol. The number of carbonyl (C=O) groups excluding carboxylic acids is 1. The second kappa shape index (κ2) is 7.03. The molecule has 1 amide bonds. The van der Waals surface area contributed by atoms with Crippen LogP contribution >= 0.6 is 0 Å². The summed E-state index contributed by atoms with van der Waals surface area (Å²) in [6, 6.07) is 9.54. The molecule has 2 aromatic carbocycles. The molecular formula is C18H18F2N2O3S. The molecule has 3 rings (SSSR count). The Hall–Kier alpha value is -2.48. The average molecular weight is 380 g/mol. The van der Waals surface area contributed by atoms with Crippen LogP contribution in [-0.4, -0.2) is 38.6 Å². The largest absolute Gasteiger partial charge is 0.337 e. The van der Waals surface area contributed by atoms with E-state index in [1.807, 2.05) is 0 Å². The Morgan fingerprint density at radius 3 is 2.62 bits per heavy atom. The molecule has 5 nitrogen and oxygen atoms in total. The normalized spacial score (nSPS) is 15.9. The maximum atomic E-state index is 13.8. The molecule has 8 heteroatoms. The van der Waals surface area contributed by atoms with Gasteiger partial charge in [0.15, 0.2) is 0 Å². The summed E-state index contributed by atoms with van der Waals surface area (Å²) in [7, 11) is -1.83. The lowest BCUT2D eigenvalue weighted by molar-refractivity contribution is 0.0784. The van der Waals surface area contributed by atoms with Crippen molar-refractivity contribution in [3.8, 4) is 0 Å². The molecule has 0 bridgehead atoms. The van der Waals surface area contributed by atoms with Gasteiger partial charge in [0, 0.05) is 37.3 Å². The summed E-state index contributed by atoms with van der Waals surface area (Å²) in [5.41, 5.74) is 0.935. The van der Waals surface area contributed by atoms with Gasteiger partial charge in [0.25, 0.3) is 5.91 Å². The summed E-state index contributed by atoms with van der Waals surface area (Å²) in [5.74, 6) is -1.69. The van der Waals surface area contributed by atoms with Gasteiger partial charge >= 0.3 is 0 Å². The molecule has 0 unspecified atom stereocenters. The van der Waals surface area contributed by atoms with Crippen molar-refractivity contribution in [3.05, 3.63) is 65.2 Å². The number of halogens is 2. The van der Waals surface area contributed by atoms with E-state index in [0.717, 1.165) is 12.1 Å². The number of hydrogen-bond acceptors (Lipinski definition) is 3. The first-order chi connectivity index (χ1) is 12.3. The first-order valence-corrected chi connectivity index (χ1v) is 9.69. The summed E-state index contributed by atoms with van der Waals surface area (Å²) in [5, 5.41) is 0. The third-order valence-electron chi connectivity index (χ3n) is 4.25. The zero-order valence-corrected chi connectivity index (χ0v) is 15.0. The maximum Gasteiger partial charge on any atom is 0.253 e. The van der Waals surface area contributed by atoms with Crippen LogP contribution in [-0.2, 0) is 16.6 Å². The Labute approximate surface area is 150 Å². The van der Waals surface area contributed by atoms with E-state index in [0.29, 0.717) is 24.2 Å². The van der Waals surface area contributed by atoms with Gasteiger partial charge in [0.2, 0.25) is 10.0 Å². The smallest absolute Gasteiger partial charge is 0.253 e. The van der Waals surface area contributed by atoms with Crippen LogP contribution in [0.25, 0.3) is 0 Å². The lowest BCUT2D eigenvalue weighted by Gasteiger charge is -2.20. The van der Waals surface area contributed by atoms with Crippen LogP contribution in [0, 0.1) is 11.6 Å². The highest BCUT2D eigenvalue weighted by Gasteiger charge is 2.29. The van der Waals surface area contributed by atoms with Crippen molar-refractivity contribution in [2.24, 2.45) is 0 Å². The van der Waals surface area contributed by atoms with Crippen molar-refractivity contribution in [1.82, 2.24) is 4.90 Å². The quantitative estimate of drug-likeness (QED) is 0.820. The van der Waals surface area contributed by atoms with Crippen molar-refractivity contribution in [2.45, 2.75) is 13.0 Å². The second-order valence-corrected chi connectivity index (χ2v) is 8.20. The highest BCUT2D eigenvalue weighted by molar-refractivity contribution is 7.93. The molecule has 0 atom stereocenters. The molecule has 0 radical (unpaired) electrons. The molecule has 1 aliphatic heterocycles. The van der Waals surface area contributed by atoms with E-state index in [1.165, 1.54) is 28.4 Å². The maximum absolute atomic E-state index is 13.8. The van der Waals surface area contributed by atoms with E-state index in [4.69, 9.17) is 0 Å². The number of carbonyl (C=O) groups is 1. The van der Waals surface area contributed by atoms with Crippen LogP contribution in [0.2, 0.25) is 0 Å². The molecular weight excluding hydrogens is 362 g/mol. The van der Waals surface area contributed by atoms with E-state index in [2.05, 4.69) is 0 Å². The van der Waals surface area contributed by atoms with Crippen molar-refractivity contribution in [2.75, 3.05) is 23.7 Å². The fourth-order valence-corrected chi connectivity index (χ4v) is 4.48. The van der Waals surface area contributed by atoms with Crippen molar-refractivity contribution < 1.29 is 22.0 Å². The first kappa shape index (κ1) is 18.3. The molecule has 0 N–H and O–H groups in total. The molecule has 138 valence electrons. The van der Waals surface area contributed by atoms with E-state index in [9.17, 15) is 22.0 Å². The molecule has 1 aliphatic rings. The second-order valence-electron chi connectivity index (χ2n) is 6.19. The predicted molar refractivity (Wildman–Crippen MR) is 94.3 cm³/mol. The van der Waals surface area contributed by atoms with E-state index in [-0.39, 0.29) is 23.8 Å². The lowest BCUT2D eigenvalue weighted by Crippen LogP contribution is -2.28. The Morgan fingerprint density at radius 2 is 1.96 bits per heavy atom. The molecule has 0 aliphatic carbocycles. The third kappa shape index (κ3) is 3.70. The molecule has 0 aromatic heterocycles. The van der Waals surface area contributed by atoms with Gasteiger partial charge in [-0.25, -0.2) is 17.2 Å². The van der Waals surface area contributed by atoms with Gasteiger partial charge < -0.3 is 4.90 Å². The van der Waals surface area contributed by atoms with Crippen molar-refractivity contribution in [3.63, 3.8) is 0 Å². The minimum Gasteiger partial charge on any atom is -0.337 e. The standard InChI is InChI=1S/C18H18F2N2O3S/c1-21(12-14-6-7-15(19)11-17(14)20)18(23)13-4-2-5-16(10-13)22-8-3-9-26(22,24)25/h2,4-7,10-11H,3,8-9,12H2,1H3. The van der Waals surface area contributed by atoms with Gasteiger partial charge in [-0.1, -0.05) is 12.1 Å². The number of benzene rings is 2. The van der Waals surface area contributed by atoms with Crippen LogP contribution in [0.5, 0.6) is 0 Å². The minimum atomic E-state index is -3.34. The van der Waals surface area contributed by atoms with Gasteiger partial charge in [0.1, 0.15) is 11.6 Å². The SMILES string of the molecule is CN(Cc1ccc(F)cc1F)C(=O)c1cccc(N2CCCS2(=O)=O)c1. The van der Waals surface area contributed by atoms with Crippen LogP contribution in [0.4, 0.5) is 14.5 Å². The number of anilines is 1. The number of nitrogens with zero attached hydrogens (tertiary/aromatic N) is 2. The van der Waals surface area contributed by atoms with Crippen molar-refractivity contribution >= 4 is 21.6 Å². The zero-order chi connectivity index (χ0) is 18.9. The highest BCUT2D eigenvalue weighted by Crippen LogP contribution is 2.25. The fraction of sp³-hybridized carbons (Fsp3) is 0.278. The summed E-state index contributed by atoms with van der Waals surface area (Å²) in [4.78, 5) is 13.9. The Bertz CT molecular complexity index is 947. The molecule has 1 fully saturated rings. The zero-order valence-electron chi connectivity index (χ0n) is 14.2.